The van der Waals surface area contributed by atoms with Gasteiger partial charge in [-0.25, -0.2) is 0 Å². The molecule has 0 radical (unpaired) electrons. The average Bonchev–Trinajstić information content (AvgIpc) is 3.10. The van der Waals surface area contributed by atoms with Crippen molar-refractivity contribution < 1.29 is 17.9 Å². The third-order valence-electron chi connectivity index (χ3n) is 4.16. The largest absolute Gasteiger partial charge is 0.489 e. The molecule has 0 saturated heterocycles. The summed E-state index contributed by atoms with van der Waals surface area (Å²) in [6.45, 7) is 0.376. The minimum absolute atomic E-state index is 0.290. The smallest absolute Gasteiger partial charge is 0.417 e. The minimum atomic E-state index is -4.45. The maximum Gasteiger partial charge on any atom is 0.417 e. The highest BCUT2D eigenvalue weighted by Gasteiger charge is 2.31. The van der Waals surface area contributed by atoms with Crippen molar-refractivity contribution in [3.8, 4) is 17.1 Å². The van der Waals surface area contributed by atoms with Gasteiger partial charge in [0.15, 0.2) is 11.5 Å². The highest BCUT2D eigenvalue weighted by molar-refractivity contribution is 9.10. The van der Waals surface area contributed by atoms with Gasteiger partial charge in [0.25, 0.3) is 0 Å². The number of benzene rings is 2. The maximum atomic E-state index is 13.1. The fourth-order valence-electron chi connectivity index (χ4n) is 2.75. The van der Waals surface area contributed by atoms with Gasteiger partial charge in [0.2, 0.25) is 0 Å². The summed E-state index contributed by atoms with van der Waals surface area (Å²) in [5.74, 6) is 0.865. The molecule has 4 nitrogen and oxygen atoms in total. The first-order chi connectivity index (χ1) is 13.4. The lowest BCUT2D eigenvalue weighted by atomic mass is 10.2. The molecule has 0 aliphatic rings. The van der Waals surface area contributed by atoms with Crippen LogP contribution in [0.3, 0.4) is 0 Å². The van der Waals surface area contributed by atoms with Crippen molar-refractivity contribution in [3.05, 3.63) is 82.5 Å². The number of aromatic nitrogens is 3. The number of pyridine rings is 1. The van der Waals surface area contributed by atoms with Crippen LogP contribution in [0.25, 0.3) is 17.0 Å². The molecule has 0 atom stereocenters. The molecule has 0 spiro atoms. The molecule has 0 saturated carbocycles. The first-order valence-corrected chi connectivity index (χ1v) is 9.10. The van der Waals surface area contributed by atoms with Crippen LogP contribution in [0.1, 0.15) is 11.1 Å². The SMILES string of the molecule is FC(F)(F)c1ccc2nnc(-c3cc(OCc4ccccc4)ccc3Br)n2c1. The van der Waals surface area contributed by atoms with E-state index in [4.69, 9.17) is 4.74 Å². The Kier molecular flexibility index (Phi) is 4.80. The van der Waals surface area contributed by atoms with Crippen molar-refractivity contribution in [3.63, 3.8) is 0 Å². The fraction of sp³-hybridized carbons (Fsp3) is 0.100. The second-order valence-corrected chi connectivity index (χ2v) is 6.94. The average molecular weight is 448 g/mol. The minimum Gasteiger partial charge on any atom is -0.489 e. The van der Waals surface area contributed by atoms with E-state index in [0.29, 0.717) is 28.0 Å². The molecule has 28 heavy (non-hydrogen) atoms. The van der Waals surface area contributed by atoms with Crippen LogP contribution in [0.4, 0.5) is 13.2 Å². The highest BCUT2D eigenvalue weighted by Crippen LogP contribution is 2.33. The zero-order valence-electron chi connectivity index (χ0n) is 14.3. The van der Waals surface area contributed by atoms with Crippen molar-refractivity contribution in [2.75, 3.05) is 0 Å². The van der Waals surface area contributed by atoms with Gasteiger partial charge >= 0.3 is 6.18 Å². The van der Waals surface area contributed by atoms with E-state index in [2.05, 4.69) is 26.1 Å². The van der Waals surface area contributed by atoms with Gasteiger partial charge in [0, 0.05) is 16.2 Å². The molecule has 2 aromatic carbocycles. The molecule has 4 aromatic rings. The Hall–Kier alpha value is -2.87. The summed E-state index contributed by atoms with van der Waals surface area (Å²) in [7, 11) is 0. The number of hydrogen-bond acceptors (Lipinski definition) is 3. The molecule has 2 heterocycles. The highest BCUT2D eigenvalue weighted by atomic mass is 79.9. The topological polar surface area (TPSA) is 39.4 Å². The molecular formula is C20H13BrF3N3O. The Morgan fingerprint density at radius 3 is 2.50 bits per heavy atom. The van der Waals surface area contributed by atoms with E-state index in [1.165, 1.54) is 10.5 Å². The lowest BCUT2D eigenvalue weighted by Gasteiger charge is -2.10. The number of halogens is 4. The van der Waals surface area contributed by atoms with Crippen LogP contribution in [0.5, 0.6) is 5.75 Å². The molecule has 142 valence electrons. The van der Waals surface area contributed by atoms with E-state index < -0.39 is 11.7 Å². The molecule has 0 unspecified atom stereocenters. The van der Waals surface area contributed by atoms with Gasteiger partial charge in [-0.05, 0) is 35.9 Å². The second-order valence-electron chi connectivity index (χ2n) is 6.08. The van der Waals surface area contributed by atoms with Crippen molar-refractivity contribution in [1.82, 2.24) is 14.6 Å². The molecule has 0 fully saturated rings. The standard InChI is InChI=1S/C20H13BrF3N3O/c21-17-8-7-15(28-12-13-4-2-1-3-5-13)10-16(17)19-26-25-18-9-6-14(11-27(18)19)20(22,23)24/h1-11H,12H2. The van der Waals surface area contributed by atoms with E-state index >= 15 is 0 Å². The quantitative estimate of drug-likeness (QED) is 0.399. The maximum absolute atomic E-state index is 13.1. The Morgan fingerprint density at radius 1 is 0.964 bits per heavy atom. The molecule has 0 bridgehead atoms. The molecule has 4 rings (SSSR count). The van der Waals surface area contributed by atoms with Crippen molar-refractivity contribution in [2.24, 2.45) is 0 Å². The number of fused-ring (bicyclic) bond motifs is 1. The zero-order chi connectivity index (χ0) is 19.7. The number of rotatable bonds is 4. The lowest BCUT2D eigenvalue weighted by Crippen LogP contribution is -2.06. The first kappa shape index (κ1) is 18.5. The molecule has 0 N–H and O–H groups in total. The summed E-state index contributed by atoms with van der Waals surface area (Å²) in [5, 5.41) is 8.04. The second kappa shape index (κ2) is 7.27. The van der Waals surface area contributed by atoms with Gasteiger partial charge in [-0.1, -0.05) is 46.3 Å². The van der Waals surface area contributed by atoms with Crippen LogP contribution in [0.15, 0.2) is 71.3 Å². The Labute approximate surface area is 166 Å². The summed E-state index contributed by atoms with van der Waals surface area (Å²) in [4.78, 5) is 0. The lowest BCUT2D eigenvalue weighted by molar-refractivity contribution is -0.137. The molecule has 0 aliphatic heterocycles. The van der Waals surface area contributed by atoms with Gasteiger partial charge in [0.1, 0.15) is 12.4 Å². The first-order valence-electron chi connectivity index (χ1n) is 8.30. The van der Waals surface area contributed by atoms with Gasteiger partial charge in [0.05, 0.1) is 5.56 Å². The van der Waals surface area contributed by atoms with Crippen molar-refractivity contribution in [2.45, 2.75) is 12.8 Å². The predicted octanol–water partition coefficient (Wildman–Crippen LogP) is 5.76. The summed E-state index contributed by atoms with van der Waals surface area (Å²) in [5.41, 5.74) is 1.14. The molecule has 0 amide bonds. The van der Waals surface area contributed by atoms with Crippen LogP contribution in [-0.2, 0) is 12.8 Å². The van der Waals surface area contributed by atoms with E-state index in [-0.39, 0.29) is 5.82 Å². The number of alkyl halides is 3. The van der Waals surface area contributed by atoms with Gasteiger partial charge in [-0.15, -0.1) is 10.2 Å². The third-order valence-corrected chi connectivity index (χ3v) is 4.85. The van der Waals surface area contributed by atoms with Crippen LogP contribution >= 0.6 is 15.9 Å². The van der Waals surface area contributed by atoms with E-state index in [1.807, 2.05) is 30.3 Å². The third kappa shape index (κ3) is 3.73. The van der Waals surface area contributed by atoms with Crippen molar-refractivity contribution in [1.29, 1.82) is 0 Å². The van der Waals surface area contributed by atoms with E-state index in [1.54, 1.807) is 18.2 Å². The van der Waals surface area contributed by atoms with E-state index in [9.17, 15) is 13.2 Å². The summed E-state index contributed by atoms with van der Waals surface area (Å²) in [6.07, 6.45) is -3.46. The Bertz CT molecular complexity index is 1130. The molecule has 8 heteroatoms. The number of ether oxygens (including phenoxy) is 1. The van der Waals surface area contributed by atoms with Crippen LogP contribution in [0, 0.1) is 0 Å². The van der Waals surface area contributed by atoms with Gasteiger partial charge in [-0.3, -0.25) is 4.40 Å². The molecule has 0 aliphatic carbocycles. The van der Waals surface area contributed by atoms with Gasteiger partial charge < -0.3 is 4.74 Å². The van der Waals surface area contributed by atoms with Crippen LogP contribution in [0.2, 0.25) is 0 Å². The summed E-state index contributed by atoms with van der Waals surface area (Å²) in [6, 6.07) is 17.2. The fourth-order valence-corrected chi connectivity index (χ4v) is 3.17. The zero-order valence-corrected chi connectivity index (χ0v) is 15.9. The monoisotopic (exact) mass is 447 g/mol. The summed E-state index contributed by atoms with van der Waals surface area (Å²) >= 11 is 3.43. The number of hydrogen-bond donors (Lipinski definition) is 0. The predicted molar refractivity (Wildman–Crippen MR) is 102 cm³/mol. The van der Waals surface area contributed by atoms with Gasteiger partial charge in [-0.2, -0.15) is 13.2 Å². The van der Waals surface area contributed by atoms with E-state index in [0.717, 1.165) is 17.8 Å². The number of nitrogens with zero attached hydrogens (tertiary/aromatic N) is 3. The Morgan fingerprint density at radius 2 is 1.75 bits per heavy atom. The van der Waals surface area contributed by atoms with Crippen molar-refractivity contribution >= 4 is 21.6 Å². The van der Waals surface area contributed by atoms with Crippen LogP contribution in [-0.4, -0.2) is 14.6 Å². The Balaban J connectivity index is 1.70. The van der Waals surface area contributed by atoms with Crippen LogP contribution < -0.4 is 4.74 Å². The summed E-state index contributed by atoms with van der Waals surface area (Å²) < 4.78 is 47.0. The molecule has 2 aromatic heterocycles. The normalized spacial score (nSPS) is 11.7. The molecular weight excluding hydrogens is 435 g/mol.